The van der Waals surface area contributed by atoms with Crippen molar-refractivity contribution in [1.82, 2.24) is 5.32 Å². The van der Waals surface area contributed by atoms with Crippen LogP contribution in [-0.4, -0.2) is 44.2 Å². The maximum atomic E-state index is 12.3. The van der Waals surface area contributed by atoms with Gasteiger partial charge in [0.1, 0.15) is 6.54 Å². The van der Waals surface area contributed by atoms with Crippen molar-refractivity contribution in [3.05, 3.63) is 24.3 Å². The van der Waals surface area contributed by atoms with E-state index in [4.69, 9.17) is 4.74 Å². The summed E-state index contributed by atoms with van der Waals surface area (Å²) in [5.41, 5.74) is 1.43. The Morgan fingerprint density at radius 1 is 1.43 bits per heavy atom. The Hall–Kier alpha value is -1.92. The number of hydrogen-bond donors (Lipinski definition) is 2. The Morgan fingerprint density at radius 3 is 3.10 bits per heavy atom. The van der Waals surface area contributed by atoms with Gasteiger partial charge in [-0.05, 0) is 25.0 Å². The summed E-state index contributed by atoms with van der Waals surface area (Å²) in [5, 5.41) is 5.89. The first-order chi connectivity index (χ1) is 10.2. The summed E-state index contributed by atoms with van der Waals surface area (Å²) >= 11 is 0. The molecule has 0 spiro atoms. The fourth-order valence-corrected chi connectivity index (χ4v) is 2.70. The molecule has 2 heterocycles. The van der Waals surface area contributed by atoms with Crippen molar-refractivity contribution in [3.8, 4) is 0 Å². The molecule has 2 amide bonds. The first-order valence-corrected chi connectivity index (χ1v) is 7.25. The topological polar surface area (TPSA) is 70.7 Å². The van der Waals surface area contributed by atoms with Crippen LogP contribution in [0.25, 0.3) is 0 Å². The Balaban J connectivity index is 1.60. The monoisotopic (exact) mass is 289 g/mol. The third-order valence-electron chi connectivity index (χ3n) is 3.74. The summed E-state index contributed by atoms with van der Waals surface area (Å²) in [6, 6.07) is 7.33. The number of anilines is 2. The van der Waals surface area contributed by atoms with Crippen molar-refractivity contribution in [2.75, 3.05) is 36.5 Å². The highest BCUT2D eigenvalue weighted by molar-refractivity contribution is 6.10. The molecule has 0 aliphatic carbocycles. The molecule has 3 rings (SSSR count). The lowest BCUT2D eigenvalue weighted by molar-refractivity contribution is -0.121. The highest BCUT2D eigenvalue weighted by Gasteiger charge is 2.26. The number of carbonyl (C=O) groups excluding carboxylic acids is 2. The lowest BCUT2D eigenvalue weighted by Gasteiger charge is -2.29. The van der Waals surface area contributed by atoms with Gasteiger partial charge in [0.15, 0.2) is 0 Å². The number of carbonyl (C=O) groups is 2. The number of para-hydroxylation sites is 2. The summed E-state index contributed by atoms with van der Waals surface area (Å²) < 4.78 is 5.50. The predicted molar refractivity (Wildman–Crippen MR) is 79.3 cm³/mol. The van der Waals surface area contributed by atoms with Crippen LogP contribution in [0.1, 0.15) is 12.8 Å². The minimum atomic E-state index is -0.166. The summed E-state index contributed by atoms with van der Waals surface area (Å²) in [5.74, 6) is -0.267. The van der Waals surface area contributed by atoms with Gasteiger partial charge in [-0.3, -0.25) is 14.5 Å². The molecule has 6 nitrogen and oxygen atoms in total. The summed E-state index contributed by atoms with van der Waals surface area (Å²) in [7, 11) is 0. The first-order valence-electron chi connectivity index (χ1n) is 7.25. The van der Waals surface area contributed by atoms with E-state index in [2.05, 4.69) is 10.6 Å². The quantitative estimate of drug-likeness (QED) is 0.857. The van der Waals surface area contributed by atoms with Gasteiger partial charge in [-0.25, -0.2) is 0 Å². The van der Waals surface area contributed by atoms with E-state index >= 15 is 0 Å². The van der Waals surface area contributed by atoms with Crippen LogP contribution in [0.2, 0.25) is 0 Å². The van der Waals surface area contributed by atoms with Crippen LogP contribution in [0, 0.1) is 0 Å². The van der Waals surface area contributed by atoms with Crippen molar-refractivity contribution in [3.63, 3.8) is 0 Å². The van der Waals surface area contributed by atoms with Crippen molar-refractivity contribution >= 4 is 23.2 Å². The zero-order valence-corrected chi connectivity index (χ0v) is 11.8. The van der Waals surface area contributed by atoms with Crippen molar-refractivity contribution in [2.24, 2.45) is 0 Å². The maximum absolute atomic E-state index is 12.3. The lowest BCUT2D eigenvalue weighted by Crippen LogP contribution is -2.46. The second-order valence-corrected chi connectivity index (χ2v) is 5.31. The molecule has 2 N–H and O–H groups in total. The second kappa shape index (κ2) is 6.24. The maximum Gasteiger partial charge on any atom is 0.244 e. The molecule has 1 aromatic carbocycles. The predicted octanol–water partition coefficient (Wildman–Crippen LogP) is 0.740. The highest BCUT2D eigenvalue weighted by atomic mass is 16.5. The molecule has 21 heavy (non-hydrogen) atoms. The molecule has 2 aliphatic heterocycles. The third-order valence-corrected chi connectivity index (χ3v) is 3.74. The molecule has 2 aliphatic rings. The van der Waals surface area contributed by atoms with E-state index in [1.807, 2.05) is 18.2 Å². The smallest absolute Gasteiger partial charge is 0.244 e. The molecule has 0 aromatic heterocycles. The number of hydrogen-bond acceptors (Lipinski definition) is 4. The standard InChI is InChI=1S/C15H19N3O3/c19-14-10-18(13-6-2-1-5-12(13)17-14)15(20)9-16-8-11-4-3-7-21-11/h1-2,5-6,11,16H,3-4,7-10H2,(H,17,19)/t11-/m0/s1. The molecule has 1 fully saturated rings. The van der Waals surface area contributed by atoms with Gasteiger partial charge in [0.05, 0.1) is 24.0 Å². The molecule has 1 saturated heterocycles. The van der Waals surface area contributed by atoms with Gasteiger partial charge >= 0.3 is 0 Å². The van der Waals surface area contributed by atoms with Gasteiger partial charge in [-0.1, -0.05) is 12.1 Å². The molecule has 112 valence electrons. The highest BCUT2D eigenvalue weighted by Crippen LogP contribution is 2.28. The number of ether oxygens (including phenoxy) is 1. The normalized spacial score (nSPS) is 21.0. The van der Waals surface area contributed by atoms with E-state index in [-0.39, 0.29) is 31.0 Å². The Labute approximate surface area is 123 Å². The zero-order chi connectivity index (χ0) is 14.7. The van der Waals surface area contributed by atoms with Gasteiger partial charge in [0, 0.05) is 13.2 Å². The van der Waals surface area contributed by atoms with E-state index in [0.29, 0.717) is 12.2 Å². The number of nitrogens with one attached hydrogen (secondary N) is 2. The molecule has 1 aromatic rings. The molecular formula is C15H19N3O3. The minimum absolute atomic E-state index is 0.0669. The number of benzene rings is 1. The zero-order valence-electron chi connectivity index (χ0n) is 11.8. The van der Waals surface area contributed by atoms with Crippen LogP contribution in [-0.2, 0) is 14.3 Å². The van der Waals surface area contributed by atoms with E-state index < -0.39 is 0 Å². The van der Waals surface area contributed by atoms with Gasteiger partial charge in [0.25, 0.3) is 0 Å². The molecule has 6 heteroatoms. The van der Waals surface area contributed by atoms with Crippen LogP contribution in [0.3, 0.4) is 0 Å². The minimum Gasteiger partial charge on any atom is -0.377 e. The fourth-order valence-electron chi connectivity index (χ4n) is 2.70. The van der Waals surface area contributed by atoms with Gasteiger partial charge in [0.2, 0.25) is 11.8 Å². The lowest BCUT2D eigenvalue weighted by atomic mass is 10.2. The third kappa shape index (κ3) is 3.22. The van der Waals surface area contributed by atoms with Crippen molar-refractivity contribution in [1.29, 1.82) is 0 Å². The average Bonchev–Trinajstić information content (AvgIpc) is 2.99. The van der Waals surface area contributed by atoms with E-state index in [1.54, 1.807) is 6.07 Å². The Morgan fingerprint density at radius 2 is 2.29 bits per heavy atom. The second-order valence-electron chi connectivity index (χ2n) is 5.31. The molecule has 0 bridgehead atoms. The van der Waals surface area contributed by atoms with Crippen LogP contribution in [0.15, 0.2) is 24.3 Å². The number of amides is 2. The van der Waals surface area contributed by atoms with Crippen molar-refractivity contribution in [2.45, 2.75) is 18.9 Å². The number of rotatable bonds is 4. The van der Waals surface area contributed by atoms with E-state index in [0.717, 1.165) is 25.1 Å². The van der Waals surface area contributed by atoms with Crippen LogP contribution >= 0.6 is 0 Å². The number of fused-ring (bicyclic) bond motifs is 1. The molecule has 0 unspecified atom stereocenters. The van der Waals surface area contributed by atoms with E-state index in [9.17, 15) is 9.59 Å². The van der Waals surface area contributed by atoms with Gasteiger partial charge in [-0.2, -0.15) is 0 Å². The molecule has 0 saturated carbocycles. The summed E-state index contributed by atoms with van der Waals surface area (Å²) in [6.07, 6.45) is 2.32. The molecule has 1 atom stereocenters. The van der Waals surface area contributed by atoms with Gasteiger partial charge in [-0.15, -0.1) is 0 Å². The number of nitrogens with zero attached hydrogens (tertiary/aromatic N) is 1. The van der Waals surface area contributed by atoms with Gasteiger partial charge < -0.3 is 15.4 Å². The van der Waals surface area contributed by atoms with E-state index in [1.165, 1.54) is 4.90 Å². The largest absolute Gasteiger partial charge is 0.377 e. The average molecular weight is 289 g/mol. The van der Waals surface area contributed by atoms with Crippen LogP contribution < -0.4 is 15.5 Å². The SMILES string of the molecule is O=C1CN(C(=O)CNC[C@@H]2CCCO2)c2ccccc2N1. The Bertz CT molecular complexity index is 541. The first kappa shape index (κ1) is 14.0. The summed E-state index contributed by atoms with van der Waals surface area (Å²) in [4.78, 5) is 25.5. The van der Waals surface area contributed by atoms with Crippen molar-refractivity contribution < 1.29 is 14.3 Å². The van der Waals surface area contributed by atoms with Crippen LogP contribution in [0.4, 0.5) is 11.4 Å². The molecular weight excluding hydrogens is 270 g/mol. The molecule has 0 radical (unpaired) electrons. The fraction of sp³-hybridized carbons (Fsp3) is 0.467. The van der Waals surface area contributed by atoms with Crippen LogP contribution in [0.5, 0.6) is 0 Å². The summed E-state index contributed by atoms with van der Waals surface area (Å²) in [6.45, 7) is 1.76. The Kier molecular flexibility index (Phi) is 4.17.